The van der Waals surface area contributed by atoms with Gasteiger partial charge >= 0.3 is 18.0 Å². The lowest BCUT2D eigenvalue weighted by molar-refractivity contribution is -0.148. The predicted molar refractivity (Wildman–Crippen MR) is 136 cm³/mol. The van der Waals surface area contributed by atoms with Crippen LogP contribution in [0.25, 0.3) is 11.1 Å². The highest BCUT2D eigenvalue weighted by atomic mass is 16.6. The summed E-state index contributed by atoms with van der Waals surface area (Å²) in [5.74, 6) is -1.92. The third kappa shape index (κ3) is 6.09. The van der Waals surface area contributed by atoms with Crippen molar-refractivity contribution in [2.24, 2.45) is 0 Å². The molecule has 3 aromatic rings. The number of esters is 1. The molecule has 0 fully saturated rings. The number of phenols is 1. The van der Waals surface area contributed by atoms with E-state index in [4.69, 9.17) is 9.47 Å². The lowest BCUT2D eigenvalue weighted by atomic mass is 9.98. The van der Waals surface area contributed by atoms with E-state index in [0.717, 1.165) is 22.3 Å². The van der Waals surface area contributed by atoms with Gasteiger partial charge in [-0.3, -0.25) is 9.59 Å². The standard InChI is InChI=1S/C29H29NO7/c1-29(2,37-28(35)30-24(15-26(32)33)22-13-7-8-14-25(22)31)16-27(34)36-17-23-20-11-5-3-9-18(20)19-10-4-6-12-21(19)23/h3-14,23-24,31H,15-17H2,1-2H3,(H,30,35)(H,32,33)/t24-/m0/s1. The summed E-state index contributed by atoms with van der Waals surface area (Å²) in [6.45, 7) is 3.30. The lowest BCUT2D eigenvalue weighted by Crippen LogP contribution is -2.38. The number of amides is 1. The molecule has 1 amide bonds. The van der Waals surface area contributed by atoms with Crippen LogP contribution in [0.1, 0.15) is 55.3 Å². The second kappa shape index (κ2) is 10.7. The second-order valence-electron chi connectivity index (χ2n) is 9.59. The topological polar surface area (TPSA) is 122 Å². The summed E-state index contributed by atoms with van der Waals surface area (Å²) >= 11 is 0. The van der Waals surface area contributed by atoms with Crippen molar-refractivity contribution in [3.05, 3.63) is 89.5 Å². The molecule has 1 aliphatic rings. The van der Waals surface area contributed by atoms with Crippen molar-refractivity contribution in [1.82, 2.24) is 5.32 Å². The molecule has 0 spiro atoms. The highest BCUT2D eigenvalue weighted by Crippen LogP contribution is 2.44. The summed E-state index contributed by atoms with van der Waals surface area (Å²) in [5, 5.41) is 21.8. The maximum atomic E-state index is 12.7. The van der Waals surface area contributed by atoms with E-state index in [1.54, 1.807) is 26.0 Å². The predicted octanol–water partition coefficient (Wildman–Crippen LogP) is 5.16. The van der Waals surface area contributed by atoms with Crippen molar-refractivity contribution >= 4 is 18.0 Å². The lowest BCUT2D eigenvalue weighted by Gasteiger charge is -2.26. The van der Waals surface area contributed by atoms with Crippen LogP contribution in [-0.2, 0) is 19.1 Å². The number of carbonyl (C=O) groups excluding carboxylic acids is 2. The zero-order chi connectivity index (χ0) is 26.6. The molecule has 0 saturated carbocycles. The summed E-state index contributed by atoms with van der Waals surface area (Å²) in [5.41, 5.74) is 3.47. The Bertz CT molecular complexity index is 1270. The highest BCUT2D eigenvalue weighted by Gasteiger charge is 2.32. The molecule has 3 aromatic carbocycles. The first-order chi connectivity index (χ1) is 17.6. The molecule has 37 heavy (non-hydrogen) atoms. The molecule has 0 saturated heterocycles. The minimum atomic E-state index is -1.22. The molecule has 0 unspecified atom stereocenters. The van der Waals surface area contributed by atoms with Crippen LogP contribution in [0.5, 0.6) is 5.75 Å². The van der Waals surface area contributed by atoms with Gasteiger partial charge < -0.3 is 25.0 Å². The van der Waals surface area contributed by atoms with Gasteiger partial charge in [-0.1, -0.05) is 66.7 Å². The molecule has 0 bridgehead atoms. The number of nitrogens with one attached hydrogen (secondary N) is 1. The number of hydrogen-bond donors (Lipinski definition) is 3. The number of carboxylic acid groups (broad SMARTS) is 1. The molecule has 1 atom stereocenters. The molecule has 4 rings (SSSR count). The Morgan fingerprint density at radius 1 is 0.919 bits per heavy atom. The van der Waals surface area contributed by atoms with Gasteiger partial charge in [0.25, 0.3) is 0 Å². The first-order valence-electron chi connectivity index (χ1n) is 12.0. The van der Waals surface area contributed by atoms with Gasteiger partial charge in [0.1, 0.15) is 18.0 Å². The van der Waals surface area contributed by atoms with Crippen molar-refractivity contribution in [1.29, 1.82) is 0 Å². The summed E-state index contributed by atoms with van der Waals surface area (Å²) in [4.78, 5) is 36.6. The molecule has 0 aromatic heterocycles. The van der Waals surface area contributed by atoms with Gasteiger partial charge in [-0.2, -0.15) is 0 Å². The highest BCUT2D eigenvalue weighted by molar-refractivity contribution is 5.79. The number of hydrogen-bond acceptors (Lipinski definition) is 6. The average Bonchev–Trinajstić information content (AvgIpc) is 3.15. The number of aliphatic carboxylic acids is 1. The number of benzene rings is 3. The minimum absolute atomic E-state index is 0.0843. The number of phenolic OH excluding ortho intramolecular Hbond substituents is 1. The van der Waals surface area contributed by atoms with Gasteiger partial charge in [-0.25, -0.2) is 4.79 Å². The fourth-order valence-electron chi connectivity index (χ4n) is 4.67. The van der Waals surface area contributed by atoms with E-state index in [9.17, 15) is 24.6 Å². The van der Waals surface area contributed by atoms with Gasteiger partial charge in [-0.05, 0) is 42.2 Å². The number of ether oxygens (including phenoxy) is 2. The van der Waals surface area contributed by atoms with Crippen molar-refractivity contribution in [3.8, 4) is 16.9 Å². The van der Waals surface area contributed by atoms with Gasteiger partial charge in [-0.15, -0.1) is 0 Å². The zero-order valence-corrected chi connectivity index (χ0v) is 20.6. The molecule has 0 radical (unpaired) electrons. The van der Waals surface area contributed by atoms with E-state index in [0.29, 0.717) is 0 Å². The SMILES string of the molecule is CC(C)(CC(=O)OCC1c2ccccc2-c2ccccc21)OC(=O)N[C@@H](CC(=O)O)c1ccccc1O. The fourth-order valence-corrected chi connectivity index (χ4v) is 4.67. The van der Waals surface area contributed by atoms with Gasteiger partial charge in [0, 0.05) is 11.5 Å². The molecular formula is C29H29NO7. The van der Waals surface area contributed by atoms with Crippen LogP contribution in [-0.4, -0.2) is 40.5 Å². The Balaban J connectivity index is 1.36. The summed E-state index contributed by atoms with van der Waals surface area (Å²) in [7, 11) is 0. The maximum Gasteiger partial charge on any atom is 0.408 e. The van der Waals surface area contributed by atoms with Crippen LogP contribution in [0, 0.1) is 0 Å². The number of carboxylic acids is 1. The van der Waals surface area contributed by atoms with Crippen LogP contribution >= 0.6 is 0 Å². The molecule has 192 valence electrons. The van der Waals surface area contributed by atoms with E-state index in [1.807, 2.05) is 36.4 Å². The quantitative estimate of drug-likeness (QED) is 0.345. The third-order valence-corrected chi connectivity index (χ3v) is 6.30. The van der Waals surface area contributed by atoms with Gasteiger partial charge in [0.2, 0.25) is 0 Å². The first-order valence-corrected chi connectivity index (χ1v) is 12.0. The van der Waals surface area contributed by atoms with Crippen LogP contribution in [0.2, 0.25) is 0 Å². The fraction of sp³-hybridized carbons (Fsp3) is 0.276. The summed E-state index contributed by atoms with van der Waals surface area (Å²) in [6.07, 6.45) is -1.57. The van der Waals surface area contributed by atoms with E-state index < -0.39 is 36.1 Å². The zero-order valence-electron chi connectivity index (χ0n) is 20.6. The normalized spacial score (nSPS) is 13.2. The molecule has 8 nitrogen and oxygen atoms in total. The minimum Gasteiger partial charge on any atom is -0.508 e. The molecule has 3 N–H and O–H groups in total. The van der Waals surface area contributed by atoms with E-state index in [2.05, 4.69) is 17.4 Å². The first kappa shape index (κ1) is 25.8. The molecule has 0 aliphatic heterocycles. The van der Waals surface area contributed by atoms with Gasteiger partial charge in [0.15, 0.2) is 0 Å². The monoisotopic (exact) mass is 503 g/mol. The Kier molecular flexibility index (Phi) is 7.47. The number of alkyl carbamates (subject to hydrolysis) is 1. The van der Waals surface area contributed by atoms with Gasteiger partial charge in [0.05, 0.1) is 18.9 Å². The van der Waals surface area contributed by atoms with Crippen LogP contribution in [0.3, 0.4) is 0 Å². The number of para-hydroxylation sites is 1. The third-order valence-electron chi connectivity index (χ3n) is 6.30. The second-order valence-corrected chi connectivity index (χ2v) is 9.59. The van der Waals surface area contributed by atoms with E-state index in [-0.39, 0.29) is 30.3 Å². The number of rotatable bonds is 9. The van der Waals surface area contributed by atoms with Crippen molar-refractivity contribution in [2.75, 3.05) is 6.61 Å². The summed E-state index contributed by atoms with van der Waals surface area (Å²) in [6, 6.07) is 21.2. The van der Waals surface area contributed by atoms with Crippen molar-refractivity contribution < 1.29 is 34.1 Å². The van der Waals surface area contributed by atoms with E-state index >= 15 is 0 Å². The van der Waals surface area contributed by atoms with Crippen LogP contribution in [0.4, 0.5) is 4.79 Å². The largest absolute Gasteiger partial charge is 0.508 e. The number of aromatic hydroxyl groups is 1. The Morgan fingerprint density at radius 2 is 1.49 bits per heavy atom. The van der Waals surface area contributed by atoms with Crippen LogP contribution in [0.15, 0.2) is 72.8 Å². The molecule has 0 heterocycles. The van der Waals surface area contributed by atoms with Crippen LogP contribution < -0.4 is 5.32 Å². The Hall–Kier alpha value is -4.33. The van der Waals surface area contributed by atoms with Crippen molar-refractivity contribution in [2.45, 2.75) is 44.2 Å². The number of carbonyl (C=O) groups is 3. The Morgan fingerprint density at radius 3 is 2.08 bits per heavy atom. The smallest absolute Gasteiger partial charge is 0.408 e. The Labute approximate surface area is 214 Å². The maximum absolute atomic E-state index is 12.7. The van der Waals surface area contributed by atoms with Crippen molar-refractivity contribution in [3.63, 3.8) is 0 Å². The van der Waals surface area contributed by atoms with E-state index in [1.165, 1.54) is 12.1 Å². The average molecular weight is 504 g/mol. The molecule has 8 heteroatoms. The number of fused-ring (bicyclic) bond motifs is 3. The summed E-state index contributed by atoms with van der Waals surface area (Å²) < 4.78 is 11.1. The molecule has 1 aliphatic carbocycles. The molecular weight excluding hydrogens is 474 g/mol.